The van der Waals surface area contributed by atoms with Gasteiger partial charge in [0.1, 0.15) is 15.6 Å². The number of amides is 1. The molecule has 2 saturated carbocycles. The van der Waals surface area contributed by atoms with Crippen LogP contribution in [-0.4, -0.2) is 64.8 Å². The zero-order valence-corrected chi connectivity index (χ0v) is 28.2. The number of nitrogens with zero attached hydrogens (tertiary/aromatic N) is 6. The molecule has 240 valence electrons. The number of hydrogen-bond donors (Lipinski definition) is 2. The first-order valence-electron chi connectivity index (χ1n) is 15.9. The minimum absolute atomic E-state index is 0.0184. The number of rotatable bonds is 7. The summed E-state index contributed by atoms with van der Waals surface area (Å²) in [5, 5.41) is 9.34. The van der Waals surface area contributed by atoms with Crippen LogP contribution in [0.5, 0.6) is 5.75 Å². The van der Waals surface area contributed by atoms with Gasteiger partial charge in [-0.3, -0.25) is 9.48 Å². The molecule has 10 nitrogen and oxygen atoms in total. The lowest BCUT2D eigenvalue weighted by molar-refractivity contribution is 0.0700. The average molecular weight is 662 g/mol. The maximum Gasteiger partial charge on any atom is 0.254 e. The van der Waals surface area contributed by atoms with Crippen molar-refractivity contribution in [2.75, 3.05) is 19.0 Å². The highest BCUT2D eigenvalue weighted by atomic mass is 35.5. The predicted molar refractivity (Wildman–Crippen MR) is 182 cm³/mol. The maximum absolute atomic E-state index is 13.8. The van der Waals surface area contributed by atoms with Crippen molar-refractivity contribution in [1.82, 2.24) is 28.8 Å². The van der Waals surface area contributed by atoms with Crippen molar-refractivity contribution in [3.8, 4) is 17.3 Å². The molecule has 46 heavy (non-hydrogen) atoms. The second kappa shape index (κ2) is 10.4. The van der Waals surface area contributed by atoms with Crippen LogP contribution in [0.1, 0.15) is 41.0 Å². The fourth-order valence-electron chi connectivity index (χ4n) is 7.84. The Morgan fingerprint density at radius 3 is 2.57 bits per heavy atom. The minimum Gasteiger partial charge on any atom is -0.494 e. The van der Waals surface area contributed by atoms with Crippen molar-refractivity contribution in [3.63, 3.8) is 0 Å². The molecule has 0 spiro atoms. The first-order chi connectivity index (χ1) is 22.0. The van der Waals surface area contributed by atoms with Gasteiger partial charge in [-0.15, -0.1) is 23.2 Å². The number of fused-ring (bicyclic) bond motifs is 4. The van der Waals surface area contributed by atoms with Gasteiger partial charge in [-0.1, -0.05) is 12.1 Å². The lowest BCUT2D eigenvalue weighted by Crippen LogP contribution is -2.41. The highest BCUT2D eigenvalue weighted by Gasteiger charge is 2.52. The van der Waals surface area contributed by atoms with Crippen LogP contribution < -0.4 is 15.8 Å². The van der Waals surface area contributed by atoms with E-state index in [1.54, 1.807) is 7.11 Å². The fraction of sp³-hybridized carbons (Fsp3) is 0.441. The predicted octanol–water partition coefficient (Wildman–Crippen LogP) is 6.05. The molecular weight excluding hydrogens is 623 g/mol. The summed E-state index contributed by atoms with van der Waals surface area (Å²) in [4.78, 5) is 20.9. The molecule has 5 aromatic rings. The van der Waals surface area contributed by atoms with Gasteiger partial charge in [-0.25, -0.2) is 4.98 Å². The van der Waals surface area contributed by atoms with Gasteiger partial charge in [0.05, 0.1) is 46.6 Å². The lowest BCUT2D eigenvalue weighted by atomic mass is 10.1. The van der Waals surface area contributed by atoms with Gasteiger partial charge in [0.2, 0.25) is 0 Å². The molecule has 8 rings (SSSR count). The van der Waals surface area contributed by atoms with Gasteiger partial charge in [0.15, 0.2) is 5.82 Å². The summed E-state index contributed by atoms with van der Waals surface area (Å²) in [5.41, 5.74) is 14.4. The summed E-state index contributed by atoms with van der Waals surface area (Å²) in [6, 6.07) is 12.3. The summed E-state index contributed by atoms with van der Waals surface area (Å²) in [7, 11) is 5.57. The Labute approximate surface area is 277 Å². The number of ether oxygens (including phenoxy) is 1. The Bertz CT molecular complexity index is 2060. The number of aryl methyl sites for hydroxylation is 3. The summed E-state index contributed by atoms with van der Waals surface area (Å²) >= 11 is 13.2. The first-order valence-corrected chi connectivity index (χ1v) is 16.6. The number of carbonyl (C=O) groups excluding carboxylic acids is 1. The van der Waals surface area contributed by atoms with E-state index in [9.17, 15) is 4.79 Å². The minimum atomic E-state index is -0.755. The molecule has 1 aliphatic heterocycles. The number of anilines is 2. The molecule has 4 atom stereocenters. The summed E-state index contributed by atoms with van der Waals surface area (Å²) < 4.78 is 11.3. The molecule has 1 unspecified atom stereocenters. The van der Waals surface area contributed by atoms with E-state index in [1.807, 2.05) is 47.3 Å². The number of halogens is 2. The van der Waals surface area contributed by atoms with E-state index in [2.05, 4.69) is 46.2 Å². The molecule has 1 amide bonds. The van der Waals surface area contributed by atoms with Gasteiger partial charge >= 0.3 is 0 Å². The van der Waals surface area contributed by atoms with E-state index in [4.69, 9.17) is 38.7 Å². The van der Waals surface area contributed by atoms with Crippen LogP contribution in [0, 0.1) is 25.7 Å². The number of nitrogens with one attached hydrogen (secondary N) is 1. The summed E-state index contributed by atoms with van der Waals surface area (Å²) in [6.07, 6.45) is 2.76. The number of likely N-dealkylation sites (tertiary alicyclic amines) is 1. The SMILES string of the molecule is COc1cc(C(=O)N2C[C@H]3CC[C@@H]2[C@@H]3N)cc2nc(-c3cc4cccc(Nc5c(C)nn(C)c5C)c4n3CC3CC3(Cl)Cl)n(C)c12. The van der Waals surface area contributed by atoms with Crippen molar-refractivity contribution < 1.29 is 9.53 Å². The molecule has 0 radical (unpaired) electrons. The van der Waals surface area contributed by atoms with Gasteiger partial charge < -0.3 is 29.8 Å². The van der Waals surface area contributed by atoms with Crippen molar-refractivity contribution >= 4 is 62.4 Å². The van der Waals surface area contributed by atoms with Crippen molar-refractivity contribution in [1.29, 1.82) is 0 Å². The highest BCUT2D eigenvalue weighted by Crippen LogP contribution is 2.55. The number of benzene rings is 2. The molecule has 3 N–H and O–H groups in total. The van der Waals surface area contributed by atoms with E-state index in [1.165, 1.54) is 0 Å². The van der Waals surface area contributed by atoms with E-state index >= 15 is 0 Å². The number of hydrogen-bond acceptors (Lipinski definition) is 6. The van der Waals surface area contributed by atoms with Crippen LogP contribution in [0.15, 0.2) is 36.4 Å². The quantitative estimate of drug-likeness (QED) is 0.206. The standard InChI is InChI=1S/C34H38Cl2N8O2/c1-17-29(18(2)42(4)40-17)38-23-8-6-7-19-12-26(43(30(19)23)16-22-14-34(22,35)36)32-39-24-11-21(13-27(46-5)31(24)41(32)3)33(45)44-15-20-9-10-25(44)28(20)37/h6-8,11-13,20,22,25,28,38H,9-10,14-16,37H2,1-5H3/t20-,22?,25-,28-/m1/s1. The number of methoxy groups -OCH3 is 1. The molecule has 3 fully saturated rings. The maximum atomic E-state index is 13.8. The van der Waals surface area contributed by atoms with Crippen LogP contribution in [0.2, 0.25) is 0 Å². The van der Waals surface area contributed by atoms with Gasteiger partial charge in [0, 0.05) is 56.1 Å². The Kier molecular flexibility index (Phi) is 6.70. The number of alkyl halides is 2. The Hall–Kier alpha value is -3.73. The van der Waals surface area contributed by atoms with Crippen LogP contribution in [0.3, 0.4) is 0 Å². The molecule has 3 aliphatic rings. The Morgan fingerprint density at radius 1 is 1.15 bits per heavy atom. The Balaban J connectivity index is 1.26. The second-order valence-electron chi connectivity index (χ2n) is 13.3. The zero-order chi connectivity index (χ0) is 32.2. The van der Waals surface area contributed by atoms with Crippen LogP contribution in [-0.2, 0) is 20.6 Å². The number of carbonyl (C=O) groups is 1. The van der Waals surface area contributed by atoms with Crippen LogP contribution >= 0.6 is 23.2 Å². The average Bonchev–Trinajstić information content (AvgIpc) is 3.53. The molecule has 3 aromatic heterocycles. The molecule has 2 aromatic carbocycles. The molecule has 2 bridgehead atoms. The zero-order valence-electron chi connectivity index (χ0n) is 26.6. The second-order valence-corrected chi connectivity index (χ2v) is 14.9. The number of nitrogens with two attached hydrogens (primary N) is 1. The Morgan fingerprint density at radius 2 is 1.93 bits per heavy atom. The molecule has 1 saturated heterocycles. The third kappa shape index (κ3) is 4.44. The van der Waals surface area contributed by atoms with E-state index < -0.39 is 4.33 Å². The topological polar surface area (TPSA) is 108 Å². The summed E-state index contributed by atoms with van der Waals surface area (Å²) in [6.45, 7) is 5.39. The highest BCUT2D eigenvalue weighted by molar-refractivity contribution is 6.50. The van der Waals surface area contributed by atoms with Crippen molar-refractivity contribution in [2.24, 2.45) is 31.7 Å². The van der Waals surface area contributed by atoms with Gasteiger partial charge in [-0.2, -0.15) is 5.10 Å². The molecule has 2 aliphatic carbocycles. The third-order valence-electron chi connectivity index (χ3n) is 10.6. The lowest BCUT2D eigenvalue weighted by Gasteiger charge is -2.27. The van der Waals surface area contributed by atoms with Crippen LogP contribution in [0.25, 0.3) is 33.5 Å². The molecule has 4 heterocycles. The van der Waals surface area contributed by atoms with E-state index in [-0.39, 0.29) is 23.9 Å². The van der Waals surface area contributed by atoms with Crippen molar-refractivity contribution in [3.05, 3.63) is 53.3 Å². The van der Waals surface area contributed by atoms with E-state index in [0.717, 1.165) is 70.0 Å². The first kappa shape index (κ1) is 29.7. The smallest absolute Gasteiger partial charge is 0.254 e. The normalized spacial score (nSPS) is 23.2. The monoisotopic (exact) mass is 660 g/mol. The van der Waals surface area contributed by atoms with Gasteiger partial charge in [-0.05, 0) is 63.3 Å². The van der Waals surface area contributed by atoms with Crippen molar-refractivity contribution in [2.45, 2.75) is 56.1 Å². The number of para-hydroxylation sites is 1. The third-order valence-corrected chi connectivity index (χ3v) is 11.5. The van der Waals surface area contributed by atoms with Gasteiger partial charge in [0.25, 0.3) is 5.91 Å². The number of piperidine rings is 1. The van der Waals surface area contributed by atoms with Crippen LogP contribution in [0.4, 0.5) is 11.4 Å². The molecule has 12 heteroatoms. The number of imidazole rings is 1. The molecular formula is C34H38Cl2N8O2. The largest absolute Gasteiger partial charge is 0.494 e. The number of aromatic nitrogens is 5. The fourth-order valence-corrected chi connectivity index (χ4v) is 8.35. The summed E-state index contributed by atoms with van der Waals surface area (Å²) in [5.74, 6) is 1.81. The van der Waals surface area contributed by atoms with E-state index in [0.29, 0.717) is 35.8 Å².